The van der Waals surface area contributed by atoms with Gasteiger partial charge in [-0.25, -0.2) is 10.9 Å². The lowest BCUT2D eigenvalue weighted by atomic mass is 9.89. The molecule has 1 fully saturated rings. The van der Waals surface area contributed by atoms with Gasteiger partial charge in [-0.05, 0) is 17.0 Å². The van der Waals surface area contributed by atoms with Crippen molar-refractivity contribution in [2.45, 2.75) is 37.9 Å². The molecule has 3 unspecified atom stereocenters. The zero-order valence-corrected chi connectivity index (χ0v) is 11.5. The first-order chi connectivity index (χ1) is 9.04. The summed E-state index contributed by atoms with van der Waals surface area (Å²) in [5, 5.41) is 0. The van der Waals surface area contributed by atoms with Crippen molar-refractivity contribution in [1.82, 2.24) is 10.9 Å². The molecule has 1 aromatic rings. The molecule has 104 valence electrons. The van der Waals surface area contributed by atoms with Gasteiger partial charge in [-0.15, -0.1) is 0 Å². The Morgan fingerprint density at radius 1 is 1.26 bits per heavy atom. The number of nitrogens with two attached hydrogens (primary N) is 1. The number of hydrogen-bond acceptors (Lipinski definition) is 5. The highest BCUT2D eigenvalue weighted by Gasteiger charge is 2.40. The zero-order valence-electron chi connectivity index (χ0n) is 11.5. The van der Waals surface area contributed by atoms with Gasteiger partial charge in [-0.1, -0.05) is 38.1 Å². The first-order valence-corrected chi connectivity index (χ1v) is 6.49. The molecule has 1 aliphatic rings. The van der Waals surface area contributed by atoms with Gasteiger partial charge in [0.05, 0.1) is 13.3 Å². The Morgan fingerprint density at radius 2 is 1.89 bits per heavy atom. The van der Waals surface area contributed by atoms with Crippen LogP contribution < -0.4 is 16.6 Å². The molecule has 5 heteroatoms. The Kier molecular flexibility index (Phi) is 4.19. The molecule has 0 aromatic heterocycles. The standard InChI is InChI=1S/C14H21N3O2/c1-8(2)9-4-6-10(7-5-9)11-12(14(18)19-3)16-17-13(11)15/h4-8,11-13,16-17H,15H2,1-3H3. The van der Waals surface area contributed by atoms with E-state index in [1.54, 1.807) is 0 Å². The van der Waals surface area contributed by atoms with Gasteiger partial charge < -0.3 is 10.5 Å². The van der Waals surface area contributed by atoms with Crippen molar-refractivity contribution in [3.05, 3.63) is 35.4 Å². The number of carbonyl (C=O) groups is 1. The van der Waals surface area contributed by atoms with E-state index in [-0.39, 0.29) is 18.1 Å². The molecular weight excluding hydrogens is 242 g/mol. The summed E-state index contributed by atoms with van der Waals surface area (Å²) < 4.78 is 4.80. The first kappa shape index (κ1) is 14.0. The van der Waals surface area contributed by atoms with Crippen LogP contribution in [0, 0.1) is 0 Å². The topological polar surface area (TPSA) is 76.4 Å². The fourth-order valence-electron chi connectivity index (χ4n) is 2.41. The maximum absolute atomic E-state index is 11.7. The number of rotatable bonds is 3. The minimum Gasteiger partial charge on any atom is -0.468 e. The van der Waals surface area contributed by atoms with Crippen LogP contribution in [0.5, 0.6) is 0 Å². The van der Waals surface area contributed by atoms with E-state index in [0.717, 1.165) is 5.56 Å². The third kappa shape index (κ3) is 2.78. The number of hydrazine groups is 1. The van der Waals surface area contributed by atoms with E-state index >= 15 is 0 Å². The molecule has 1 aromatic carbocycles. The minimum absolute atomic E-state index is 0.131. The number of ether oxygens (including phenoxy) is 1. The Balaban J connectivity index is 2.25. The van der Waals surface area contributed by atoms with E-state index in [0.29, 0.717) is 5.92 Å². The zero-order chi connectivity index (χ0) is 14.0. The maximum atomic E-state index is 11.7. The highest BCUT2D eigenvalue weighted by atomic mass is 16.5. The summed E-state index contributed by atoms with van der Waals surface area (Å²) in [5.41, 5.74) is 14.1. The van der Waals surface area contributed by atoms with Crippen molar-refractivity contribution in [3.8, 4) is 0 Å². The van der Waals surface area contributed by atoms with Gasteiger partial charge in [0.15, 0.2) is 0 Å². The molecule has 5 nitrogen and oxygen atoms in total. The average Bonchev–Trinajstić information content (AvgIpc) is 2.80. The minimum atomic E-state index is -0.454. The van der Waals surface area contributed by atoms with Crippen LogP contribution in [-0.4, -0.2) is 25.3 Å². The molecule has 2 rings (SSSR count). The van der Waals surface area contributed by atoms with Crippen molar-refractivity contribution in [3.63, 3.8) is 0 Å². The second-order valence-corrected chi connectivity index (χ2v) is 5.16. The Bertz CT molecular complexity index is 445. The van der Waals surface area contributed by atoms with Crippen molar-refractivity contribution < 1.29 is 9.53 Å². The monoisotopic (exact) mass is 263 g/mol. The Labute approximate surface area is 113 Å². The molecule has 19 heavy (non-hydrogen) atoms. The van der Waals surface area contributed by atoms with Crippen molar-refractivity contribution >= 4 is 5.97 Å². The van der Waals surface area contributed by atoms with Gasteiger partial charge in [0, 0.05) is 5.92 Å². The van der Waals surface area contributed by atoms with Crippen LogP contribution in [0.3, 0.4) is 0 Å². The van der Waals surface area contributed by atoms with Crippen LogP contribution in [0.15, 0.2) is 24.3 Å². The third-order valence-electron chi connectivity index (χ3n) is 3.59. The fraction of sp³-hybridized carbons (Fsp3) is 0.500. The molecule has 0 spiro atoms. The summed E-state index contributed by atoms with van der Waals surface area (Å²) in [6, 6.07) is 7.78. The van der Waals surface area contributed by atoms with E-state index < -0.39 is 6.04 Å². The molecule has 0 bridgehead atoms. The van der Waals surface area contributed by atoms with Crippen LogP contribution >= 0.6 is 0 Å². The summed E-state index contributed by atoms with van der Waals surface area (Å²) >= 11 is 0. The van der Waals surface area contributed by atoms with Crippen LogP contribution in [0.25, 0.3) is 0 Å². The van der Waals surface area contributed by atoms with E-state index in [1.807, 2.05) is 12.1 Å². The van der Waals surface area contributed by atoms with Crippen molar-refractivity contribution in [1.29, 1.82) is 0 Å². The quantitative estimate of drug-likeness (QED) is 0.704. The lowest BCUT2D eigenvalue weighted by Crippen LogP contribution is -2.39. The summed E-state index contributed by atoms with van der Waals surface area (Å²) in [6.07, 6.45) is -0.311. The first-order valence-electron chi connectivity index (χ1n) is 6.49. The molecule has 1 heterocycles. The summed E-state index contributed by atoms with van der Waals surface area (Å²) in [4.78, 5) is 11.7. The Hall–Kier alpha value is -1.43. The van der Waals surface area contributed by atoms with Crippen molar-refractivity contribution in [2.75, 3.05) is 7.11 Å². The molecule has 1 saturated heterocycles. The molecule has 0 aliphatic carbocycles. The lowest BCUT2D eigenvalue weighted by Gasteiger charge is -2.20. The number of esters is 1. The van der Waals surface area contributed by atoms with E-state index in [1.165, 1.54) is 12.7 Å². The van der Waals surface area contributed by atoms with Crippen molar-refractivity contribution in [2.24, 2.45) is 5.73 Å². The summed E-state index contributed by atoms with van der Waals surface area (Å²) in [6.45, 7) is 4.30. The smallest absolute Gasteiger partial charge is 0.324 e. The number of nitrogens with one attached hydrogen (secondary N) is 2. The average molecular weight is 263 g/mol. The van der Waals surface area contributed by atoms with Crippen LogP contribution in [0.2, 0.25) is 0 Å². The van der Waals surface area contributed by atoms with Crippen LogP contribution in [0.4, 0.5) is 0 Å². The van der Waals surface area contributed by atoms with Crippen LogP contribution in [0.1, 0.15) is 36.8 Å². The maximum Gasteiger partial charge on any atom is 0.324 e. The largest absolute Gasteiger partial charge is 0.468 e. The summed E-state index contributed by atoms with van der Waals surface area (Å²) in [5.74, 6) is 0.0472. The van der Waals surface area contributed by atoms with E-state index in [9.17, 15) is 4.79 Å². The van der Waals surface area contributed by atoms with Gasteiger partial charge in [0.1, 0.15) is 6.04 Å². The molecule has 1 aliphatic heterocycles. The molecule has 3 atom stereocenters. The SMILES string of the molecule is COC(=O)C1NNC(N)C1c1ccc(C(C)C)cc1. The van der Waals surface area contributed by atoms with Gasteiger partial charge >= 0.3 is 5.97 Å². The van der Waals surface area contributed by atoms with Gasteiger partial charge in [-0.2, -0.15) is 0 Å². The predicted octanol–water partition coefficient (Wildman–Crippen LogP) is 0.828. The van der Waals surface area contributed by atoms with E-state index in [4.69, 9.17) is 10.5 Å². The van der Waals surface area contributed by atoms with Gasteiger partial charge in [-0.3, -0.25) is 4.79 Å². The van der Waals surface area contributed by atoms with E-state index in [2.05, 4.69) is 36.8 Å². The van der Waals surface area contributed by atoms with Crippen LogP contribution in [-0.2, 0) is 9.53 Å². The molecule has 0 saturated carbocycles. The fourth-order valence-corrected chi connectivity index (χ4v) is 2.41. The number of carbonyl (C=O) groups excluding carboxylic acids is 1. The predicted molar refractivity (Wildman–Crippen MR) is 73.3 cm³/mol. The lowest BCUT2D eigenvalue weighted by molar-refractivity contribution is -0.143. The highest BCUT2D eigenvalue weighted by molar-refractivity contribution is 5.77. The molecule has 0 radical (unpaired) electrons. The normalized spacial score (nSPS) is 26.7. The number of hydrogen-bond donors (Lipinski definition) is 3. The highest BCUT2D eigenvalue weighted by Crippen LogP contribution is 2.27. The molecule has 4 N–H and O–H groups in total. The number of benzene rings is 1. The van der Waals surface area contributed by atoms with Gasteiger partial charge in [0.2, 0.25) is 0 Å². The third-order valence-corrected chi connectivity index (χ3v) is 3.59. The second-order valence-electron chi connectivity index (χ2n) is 5.16. The summed E-state index contributed by atoms with van der Waals surface area (Å²) in [7, 11) is 1.38. The Morgan fingerprint density at radius 3 is 2.42 bits per heavy atom. The van der Waals surface area contributed by atoms with Gasteiger partial charge in [0.25, 0.3) is 0 Å². The molecule has 0 amide bonds. The second kappa shape index (κ2) is 5.69. The number of methoxy groups -OCH3 is 1. The molecular formula is C14H21N3O2.